The van der Waals surface area contributed by atoms with E-state index in [4.69, 9.17) is 15.2 Å². The lowest BCUT2D eigenvalue weighted by atomic mass is 9.75. The average molecular weight is 279 g/mol. The normalized spacial score (nSPS) is 13.6. The molecule has 2 N–H and O–H groups in total. The number of rotatable bonds is 8. The van der Waals surface area contributed by atoms with Crippen molar-refractivity contribution in [2.45, 2.75) is 44.9 Å². The van der Waals surface area contributed by atoms with E-state index in [2.05, 4.69) is 13.8 Å². The van der Waals surface area contributed by atoms with E-state index in [-0.39, 0.29) is 11.3 Å². The van der Waals surface area contributed by atoms with Crippen LogP contribution in [0.3, 0.4) is 0 Å². The Morgan fingerprint density at radius 1 is 1.25 bits per heavy atom. The molecule has 0 heterocycles. The van der Waals surface area contributed by atoms with E-state index >= 15 is 0 Å². The Kier molecular flexibility index (Phi) is 5.86. The van der Waals surface area contributed by atoms with Gasteiger partial charge >= 0.3 is 0 Å². The Morgan fingerprint density at radius 3 is 2.40 bits per heavy atom. The first kappa shape index (κ1) is 16.3. The molecule has 0 aliphatic carbocycles. The molecule has 0 saturated carbocycles. The standard InChI is InChI=1S/C16H25NO3/c1-5-6-9-16(2,11-15(17)18)12-7-8-13(19-3)14(10-12)20-4/h7-8,10H,5-6,9,11H2,1-4H3,(H2,17,18). The quantitative estimate of drug-likeness (QED) is 0.795. The summed E-state index contributed by atoms with van der Waals surface area (Å²) in [5.74, 6) is 1.09. The lowest BCUT2D eigenvalue weighted by molar-refractivity contribution is -0.119. The summed E-state index contributed by atoms with van der Waals surface area (Å²) in [6, 6.07) is 5.80. The predicted molar refractivity (Wildman–Crippen MR) is 80.2 cm³/mol. The summed E-state index contributed by atoms with van der Waals surface area (Å²) >= 11 is 0. The number of methoxy groups -OCH3 is 2. The summed E-state index contributed by atoms with van der Waals surface area (Å²) in [5, 5.41) is 0. The van der Waals surface area contributed by atoms with Crippen molar-refractivity contribution in [2.75, 3.05) is 14.2 Å². The van der Waals surface area contributed by atoms with Crippen LogP contribution in [-0.4, -0.2) is 20.1 Å². The number of carbonyl (C=O) groups is 1. The van der Waals surface area contributed by atoms with E-state index in [0.29, 0.717) is 17.9 Å². The van der Waals surface area contributed by atoms with Crippen LogP contribution in [0.25, 0.3) is 0 Å². The van der Waals surface area contributed by atoms with Crippen LogP contribution in [-0.2, 0) is 10.2 Å². The second-order valence-corrected chi connectivity index (χ2v) is 5.38. The molecule has 1 amide bonds. The SMILES string of the molecule is CCCCC(C)(CC(N)=O)c1ccc(OC)c(OC)c1. The third-order valence-electron chi connectivity index (χ3n) is 3.73. The number of hydrogen-bond donors (Lipinski definition) is 1. The second kappa shape index (κ2) is 7.17. The van der Waals surface area contributed by atoms with Crippen molar-refractivity contribution >= 4 is 5.91 Å². The zero-order valence-corrected chi connectivity index (χ0v) is 12.9. The van der Waals surface area contributed by atoms with Crippen molar-refractivity contribution < 1.29 is 14.3 Å². The van der Waals surface area contributed by atoms with Gasteiger partial charge in [0.2, 0.25) is 5.91 Å². The van der Waals surface area contributed by atoms with Crippen molar-refractivity contribution in [3.05, 3.63) is 23.8 Å². The van der Waals surface area contributed by atoms with Crippen molar-refractivity contribution in [3.8, 4) is 11.5 Å². The molecule has 4 heteroatoms. The fraction of sp³-hybridized carbons (Fsp3) is 0.562. The zero-order chi connectivity index (χ0) is 15.2. The molecule has 0 fully saturated rings. The van der Waals surface area contributed by atoms with Gasteiger partial charge in [-0.3, -0.25) is 4.79 Å². The van der Waals surface area contributed by atoms with Crippen LogP contribution in [0.4, 0.5) is 0 Å². The highest BCUT2D eigenvalue weighted by Gasteiger charge is 2.29. The van der Waals surface area contributed by atoms with Crippen LogP contribution in [0.15, 0.2) is 18.2 Å². The molecule has 0 saturated heterocycles. The lowest BCUT2D eigenvalue weighted by Crippen LogP contribution is -2.29. The number of carbonyl (C=O) groups excluding carboxylic acids is 1. The number of amides is 1. The van der Waals surface area contributed by atoms with Gasteiger partial charge in [0.05, 0.1) is 14.2 Å². The third-order valence-corrected chi connectivity index (χ3v) is 3.73. The lowest BCUT2D eigenvalue weighted by Gasteiger charge is -2.29. The number of benzene rings is 1. The monoisotopic (exact) mass is 279 g/mol. The number of primary amides is 1. The first-order chi connectivity index (χ1) is 9.46. The van der Waals surface area contributed by atoms with Crippen molar-refractivity contribution in [1.82, 2.24) is 0 Å². The maximum Gasteiger partial charge on any atom is 0.218 e. The number of unbranched alkanes of at least 4 members (excludes halogenated alkanes) is 1. The second-order valence-electron chi connectivity index (χ2n) is 5.38. The molecular formula is C16H25NO3. The summed E-state index contributed by atoms with van der Waals surface area (Å²) in [7, 11) is 3.22. The van der Waals surface area contributed by atoms with Crippen molar-refractivity contribution in [1.29, 1.82) is 0 Å². The minimum Gasteiger partial charge on any atom is -0.493 e. The van der Waals surface area contributed by atoms with E-state index in [1.165, 1.54) is 0 Å². The summed E-state index contributed by atoms with van der Waals surface area (Å²) < 4.78 is 10.6. The minimum absolute atomic E-state index is 0.263. The molecule has 0 radical (unpaired) electrons. The van der Waals surface area contributed by atoms with Gasteiger partial charge in [-0.25, -0.2) is 0 Å². The van der Waals surface area contributed by atoms with Crippen LogP contribution in [0, 0.1) is 0 Å². The van der Waals surface area contributed by atoms with E-state index in [9.17, 15) is 4.79 Å². The molecule has 0 spiro atoms. The average Bonchev–Trinajstić information content (AvgIpc) is 2.43. The molecule has 4 nitrogen and oxygen atoms in total. The Hall–Kier alpha value is -1.71. The maximum atomic E-state index is 11.4. The van der Waals surface area contributed by atoms with Gasteiger partial charge in [0.1, 0.15) is 0 Å². The fourth-order valence-electron chi connectivity index (χ4n) is 2.50. The van der Waals surface area contributed by atoms with Gasteiger partial charge in [0.15, 0.2) is 11.5 Å². The third kappa shape index (κ3) is 3.89. The molecule has 0 bridgehead atoms. The molecule has 0 aliphatic rings. The fourth-order valence-corrected chi connectivity index (χ4v) is 2.50. The first-order valence-corrected chi connectivity index (χ1v) is 6.97. The van der Waals surface area contributed by atoms with Gasteiger partial charge in [-0.15, -0.1) is 0 Å². The highest BCUT2D eigenvalue weighted by molar-refractivity contribution is 5.75. The summed E-state index contributed by atoms with van der Waals surface area (Å²) in [6.45, 7) is 4.22. The summed E-state index contributed by atoms with van der Waals surface area (Å²) in [6.07, 6.45) is 3.39. The predicted octanol–water partition coefficient (Wildman–Crippen LogP) is 3.03. The van der Waals surface area contributed by atoms with Crippen LogP contribution < -0.4 is 15.2 Å². The van der Waals surface area contributed by atoms with Gasteiger partial charge in [-0.05, 0) is 24.1 Å². The van der Waals surface area contributed by atoms with Crippen LogP contribution in [0.2, 0.25) is 0 Å². The maximum absolute atomic E-state index is 11.4. The largest absolute Gasteiger partial charge is 0.493 e. The molecular weight excluding hydrogens is 254 g/mol. The van der Waals surface area contributed by atoms with Gasteiger partial charge in [-0.1, -0.05) is 32.8 Å². The first-order valence-electron chi connectivity index (χ1n) is 6.97. The van der Waals surface area contributed by atoms with Gasteiger partial charge in [0, 0.05) is 11.8 Å². The molecule has 20 heavy (non-hydrogen) atoms. The van der Waals surface area contributed by atoms with Crippen LogP contribution in [0.1, 0.15) is 45.1 Å². The highest BCUT2D eigenvalue weighted by atomic mass is 16.5. The Morgan fingerprint density at radius 2 is 1.90 bits per heavy atom. The number of ether oxygens (including phenoxy) is 2. The van der Waals surface area contributed by atoms with Crippen LogP contribution in [0.5, 0.6) is 11.5 Å². The smallest absolute Gasteiger partial charge is 0.218 e. The van der Waals surface area contributed by atoms with Gasteiger partial charge in [0.25, 0.3) is 0 Å². The van der Waals surface area contributed by atoms with E-state index in [1.54, 1.807) is 14.2 Å². The molecule has 0 aromatic heterocycles. The number of hydrogen-bond acceptors (Lipinski definition) is 3. The Bertz CT molecular complexity index is 459. The van der Waals surface area contributed by atoms with Gasteiger partial charge < -0.3 is 15.2 Å². The van der Waals surface area contributed by atoms with Crippen LogP contribution >= 0.6 is 0 Å². The molecule has 1 atom stereocenters. The Labute approximate surface area is 121 Å². The Balaban J connectivity index is 3.15. The minimum atomic E-state index is -0.279. The topological polar surface area (TPSA) is 61.6 Å². The molecule has 1 rings (SSSR count). The van der Waals surface area contributed by atoms with Crippen molar-refractivity contribution in [2.24, 2.45) is 5.73 Å². The summed E-state index contributed by atoms with van der Waals surface area (Å²) in [4.78, 5) is 11.4. The van der Waals surface area contributed by atoms with Gasteiger partial charge in [-0.2, -0.15) is 0 Å². The van der Waals surface area contributed by atoms with E-state index in [1.807, 2.05) is 18.2 Å². The molecule has 0 aliphatic heterocycles. The molecule has 1 aromatic rings. The van der Waals surface area contributed by atoms with E-state index < -0.39 is 0 Å². The van der Waals surface area contributed by atoms with E-state index in [0.717, 1.165) is 24.8 Å². The zero-order valence-electron chi connectivity index (χ0n) is 12.9. The molecule has 112 valence electrons. The highest BCUT2D eigenvalue weighted by Crippen LogP contribution is 2.38. The number of nitrogens with two attached hydrogens (primary N) is 1. The molecule has 1 unspecified atom stereocenters. The van der Waals surface area contributed by atoms with Crippen molar-refractivity contribution in [3.63, 3.8) is 0 Å². The molecule has 1 aromatic carbocycles. The summed E-state index contributed by atoms with van der Waals surface area (Å²) in [5.41, 5.74) is 6.21.